The highest BCUT2D eigenvalue weighted by Gasteiger charge is 2.34. The van der Waals surface area contributed by atoms with Crippen LogP contribution < -0.4 is 22.9 Å². The van der Waals surface area contributed by atoms with Gasteiger partial charge in [0.2, 0.25) is 0 Å². The van der Waals surface area contributed by atoms with Crippen LogP contribution in [-0.2, 0) is 4.79 Å². The number of hydrogen-bond donors (Lipinski definition) is 1. The smallest absolute Gasteiger partial charge is 0.293 e. The summed E-state index contributed by atoms with van der Waals surface area (Å²) in [6.45, 7) is 0.526. The fourth-order valence-electron chi connectivity index (χ4n) is 1.67. The number of thioether (sulfide) groups is 1. The van der Waals surface area contributed by atoms with Gasteiger partial charge in [0, 0.05) is 13.1 Å². The maximum absolute atomic E-state index is 12.0. The molecule has 2 rings (SSSR count). The zero-order chi connectivity index (χ0) is 13.8. The summed E-state index contributed by atoms with van der Waals surface area (Å²) >= 11 is 0.938. The molecule has 0 spiro atoms. The third kappa shape index (κ3) is 3.53. The number of hydrogen-bond acceptors (Lipinski definition) is 5. The van der Waals surface area contributed by atoms with Crippen molar-refractivity contribution in [1.82, 2.24) is 4.90 Å². The molecule has 0 bridgehead atoms. The number of carbonyl (C=O) groups is 2. The van der Waals surface area contributed by atoms with Crippen molar-refractivity contribution in [2.45, 2.75) is 0 Å². The van der Waals surface area contributed by atoms with Gasteiger partial charge in [-0.15, -0.1) is 0 Å². The molecule has 7 heteroatoms. The van der Waals surface area contributed by atoms with Crippen molar-refractivity contribution in [2.75, 3.05) is 20.2 Å². The van der Waals surface area contributed by atoms with Crippen molar-refractivity contribution in [3.05, 3.63) is 34.7 Å². The molecule has 5 nitrogen and oxygen atoms in total. The summed E-state index contributed by atoms with van der Waals surface area (Å²) in [4.78, 5) is 25.2. The fourth-order valence-corrected chi connectivity index (χ4v) is 2.54. The van der Waals surface area contributed by atoms with Gasteiger partial charge in [-0.3, -0.25) is 14.5 Å². The topological polar surface area (TPSA) is 72.6 Å². The van der Waals surface area contributed by atoms with Crippen LogP contribution in [0.2, 0.25) is 0 Å². The molecule has 1 fully saturated rings. The zero-order valence-corrected chi connectivity index (χ0v) is 12.4. The van der Waals surface area contributed by atoms with Crippen LogP contribution in [0.15, 0.2) is 29.2 Å². The summed E-state index contributed by atoms with van der Waals surface area (Å²) in [5.41, 5.74) is 6.22. The second-order valence-electron chi connectivity index (χ2n) is 3.90. The average molecular weight is 314 g/mol. The van der Waals surface area contributed by atoms with Gasteiger partial charge >= 0.3 is 0 Å². The summed E-state index contributed by atoms with van der Waals surface area (Å²) in [6.07, 6.45) is 1.70. The molecule has 2 amide bonds. The van der Waals surface area contributed by atoms with E-state index in [1.54, 1.807) is 25.3 Å². The molecular formula is C13H14ClN2O3S-. The molecule has 0 atom stereocenters. The van der Waals surface area contributed by atoms with E-state index in [0.717, 1.165) is 23.1 Å². The van der Waals surface area contributed by atoms with Crippen LogP contribution in [-0.4, -0.2) is 36.2 Å². The standard InChI is InChI=1S/C13H14N2O3S.ClH/c1-18-10-4-2-9(3-5-10)8-11-12(16)15(7-6-14)13(17)19-11;/h2-5,8H,6-7,14H2,1H3;1H/p-1/b11-8-;. The van der Waals surface area contributed by atoms with Crippen LogP contribution in [0.4, 0.5) is 4.79 Å². The molecule has 1 saturated heterocycles. The molecule has 0 aromatic heterocycles. The molecule has 0 aliphatic carbocycles. The first kappa shape index (κ1) is 16.6. The molecule has 0 saturated carbocycles. The summed E-state index contributed by atoms with van der Waals surface area (Å²) < 4.78 is 5.06. The van der Waals surface area contributed by atoms with Crippen molar-refractivity contribution in [3.8, 4) is 5.75 Å². The maximum atomic E-state index is 12.0. The molecule has 0 unspecified atom stereocenters. The van der Waals surface area contributed by atoms with Crippen molar-refractivity contribution in [1.29, 1.82) is 0 Å². The third-order valence-corrected chi connectivity index (χ3v) is 3.55. The lowest BCUT2D eigenvalue weighted by Gasteiger charge is -2.09. The van der Waals surface area contributed by atoms with Crippen molar-refractivity contribution < 1.29 is 26.7 Å². The minimum atomic E-state index is -0.281. The second kappa shape index (κ2) is 7.33. The molecule has 20 heavy (non-hydrogen) atoms. The fraction of sp³-hybridized carbons (Fsp3) is 0.231. The van der Waals surface area contributed by atoms with E-state index in [1.807, 2.05) is 12.1 Å². The lowest BCUT2D eigenvalue weighted by atomic mass is 10.2. The number of imide groups is 1. The van der Waals surface area contributed by atoms with Crippen molar-refractivity contribution >= 4 is 29.0 Å². The van der Waals surface area contributed by atoms with E-state index in [0.29, 0.717) is 4.91 Å². The van der Waals surface area contributed by atoms with Gasteiger partial charge in [0.05, 0.1) is 12.0 Å². The van der Waals surface area contributed by atoms with Gasteiger partial charge < -0.3 is 22.9 Å². The normalized spacial score (nSPS) is 16.5. The van der Waals surface area contributed by atoms with Gasteiger partial charge in [-0.05, 0) is 35.5 Å². The van der Waals surface area contributed by atoms with E-state index in [4.69, 9.17) is 10.5 Å². The zero-order valence-electron chi connectivity index (χ0n) is 10.8. The SMILES string of the molecule is COc1ccc(/C=C2\SC(=O)N(CCN)C2=O)cc1.[Cl-]. The molecule has 1 aromatic rings. The highest BCUT2D eigenvalue weighted by atomic mass is 35.5. The Morgan fingerprint density at radius 2 is 1.95 bits per heavy atom. The first-order chi connectivity index (χ1) is 9.15. The first-order valence-electron chi connectivity index (χ1n) is 5.75. The molecule has 1 aromatic carbocycles. The molecule has 108 valence electrons. The number of benzene rings is 1. The number of halogens is 1. The number of carbonyl (C=O) groups excluding carboxylic acids is 2. The van der Waals surface area contributed by atoms with Crippen LogP contribution in [0.25, 0.3) is 6.08 Å². The quantitative estimate of drug-likeness (QED) is 0.699. The molecule has 1 heterocycles. The van der Waals surface area contributed by atoms with E-state index in [2.05, 4.69) is 0 Å². The third-order valence-electron chi connectivity index (χ3n) is 2.64. The largest absolute Gasteiger partial charge is 1.00 e. The van der Waals surface area contributed by atoms with E-state index in [-0.39, 0.29) is 36.6 Å². The average Bonchev–Trinajstić information content (AvgIpc) is 2.68. The highest BCUT2D eigenvalue weighted by molar-refractivity contribution is 8.18. The van der Waals surface area contributed by atoms with Crippen molar-refractivity contribution in [2.24, 2.45) is 5.73 Å². The Balaban J connectivity index is 0.00000200. The summed E-state index contributed by atoms with van der Waals surface area (Å²) in [7, 11) is 1.59. The number of nitrogens with zero attached hydrogens (tertiary/aromatic N) is 1. The van der Waals surface area contributed by atoms with Crippen LogP contribution in [0.5, 0.6) is 5.75 Å². The van der Waals surface area contributed by atoms with Crippen LogP contribution in [0.1, 0.15) is 5.56 Å². The van der Waals surface area contributed by atoms with E-state index in [9.17, 15) is 9.59 Å². The molecule has 0 radical (unpaired) electrons. The van der Waals surface area contributed by atoms with Crippen molar-refractivity contribution in [3.63, 3.8) is 0 Å². The Kier molecular flexibility index (Phi) is 6.06. The number of nitrogens with two attached hydrogens (primary N) is 1. The van der Waals surface area contributed by atoms with E-state index in [1.165, 1.54) is 4.90 Å². The van der Waals surface area contributed by atoms with Crippen LogP contribution >= 0.6 is 11.8 Å². The van der Waals surface area contributed by atoms with Gasteiger partial charge in [-0.1, -0.05) is 12.1 Å². The van der Waals surface area contributed by atoms with Gasteiger partial charge in [0.25, 0.3) is 11.1 Å². The molecule has 1 aliphatic heterocycles. The predicted molar refractivity (Wildman–Crippen MR) is 74.7 cm³/mol. The van der Waals surface area contributed by atoms with Gasteiger partial charge in [0.15, 0.2) is 0 Å². The maximum Gasteiger partial charge on any atom is 0.293 e. The summed E-state index contributed by atoms with van der Waals surface area (Å²) in [5.74, 6) is 0.463. The van der Waals surface area contributed by atoms with Gasteiger partial charge in [-0.2, -0.15) is 0 Å². The minimum absolute atomic E-state index is 0. The Labute approximate surface area is 127 Å². The lowest BCUT2D eigenvalue weighted by Crippen LogP contribution is -3.00. The van der Waals surface area contributed by atoms with Gasteiger partial charge in [0.1, 0.15) is 5.75 Å². The number of ether oxygens (including phenoxy) is 1. The monoisotopic (exact) mass is 313 g/mol. The number of amides is 2. The molecule has 2 N–H and O–H groups in total. The first-order valence-corrected chi connectivity index (χ1v) is 6.57. The summed E-state index contributed by atoms with van der Waals surface area (Å²) in [5, 5.41) is -0.268. The number of methoxy groups -OCH3 is 1. The number of rotatable bonds is 4. The molecule has 1 aliphatic rings. The Morgan fingerprint density at radius 3 is 2.50 bits per heavy atom. The second-order valence-corrected chi connectivity index (χ2v) is 4.89. The minimum Gasteiger partial charge on any atom is -1.00 e. The van der Waals surface area contributed by atoms with E-state index < -0.39 is 0 Å². The predicted octanol–water partition coefficient (Wildman–Crippen LogP) is -1.31. The van der Waals surface area contributed by atoms with Crippen LogP contribution in [0.3, 0.4) is 0 Å². The highest BCUT2D eigenvalue weighted by Crippen LogP contribution is 2.31. The van der Waals surface area contributed by atoms with Crippen LogP contribution in [0, 0.1) is 0 Å². The molecular weight excluding hydrogens is 300 g/mol. The Hall–Kier alpha value is -1.50. The Bertz CT molecular complexity index is 531. The lowest BCUT2D eigenvalue weighted by molar-refractivity contribution is -0.122. The van der Waals surface area contributed by atoms with Gasteiger partial charge in [-0.25, -0.2) is 0 Å². The summed E-state index contributed by atoms with van der Waals surface area (Å²) in [6, 6.07) is 7.26. The van der Waals surface area contributed by atoms with E-state index >= 15 is 0 Å². The Morgan fingerprint density at radius 1 is 1.30 bits per heavy atom.